The highest BCUT2D eigenvalue weighted by molar-refractivity contribution is 6.28. The van der Waals surface area contributed by atoms with E-state index in [9.17, 15) is 9.59 Å². The summed E-state index contributed by atoms with van der Waals surface area (Å²) < 4.78 is 9.56. The fourth-order valence-electron chi connectivity index (χ4n) is 3.79. The number of pyridine rings is 3. The summed E-state index contributed by atoms with van der Waals surface area (Å²) in [5.41, 5.74) is 9.83. The van der Waals surface area contributed by atoms with Gasteiger partial charge in [0, 0.05) is 99.6 Å². The first-order valence-corrected chi connectivity index (χ1v) is 17.1. The van der Waals surface area contributed by atoms with Crippen molar-refractivity contribution in [3.8, 4) is 0 Å². The van der Waals surface area contributed by atoms with Gasteiger partial charge in [0.1, 0.15) is 0 Å². The van der Waals surface area contributed by atoms with Crippen molar-refractivity contribution >= 4 is 35.4 Å². The SMILES string of the molecule is C.C.C.CCOC(=O)c1cnc(Cl)nc1.CCOC(=O)c1cnc(NCc2cccnc2)nc1.NCc1cccnc1.OCc1cnc(NCc2cccnc2)nc1. The van der Waals surface area contributed by atoms with Crippen LogP contribution in [0.2, 0.25) is 5.28 Å². The van der Waals surface area contributed by atoms with Gasteiger partial charge in [-0.15, -0.1) is 0 Å². The lowest BCUT2D eigenvalue weighted by molar-refractivity contribution is 0.0515. The number of nitrogens with one attached hydrogen (secondary N) is 2. The summed E-state index contributed by atoms with van der Waals surface area (Å²) in [4.78, 5) is 57.8. The summed E-state index contributed by atoms with van der Waals surface area (Å²) in [6.07, 6.45) is 19.2. The van der Waals surface area contributed by atoms with E-state index in [2.05, 4.69) is 55.5 Å². The van der Waals surface area contributed by atoms with Gasteiger partial charge >= 0.3 is 11.9 Å². The molecular formula is C40H53ClN12O5. The molecule has 58 heavy (non-hydrogen) atoms. The second-order valence-electron chi connectivity index (χ2n) is 10.5. The second-order valence-corrected chi connectivity index (χ2v) is 10.9. The maximum absolute atomic E-state index is 11.4. The molecule has 0 atom stereocenters. The molecule has 6 aromatic rings. The highest BCUT2D eigenvalue weighted by Gasteiger charge is 2.08. The molecule has 0 amide bonds. The zero-order valence-corrected chi connectivity index (χ0v) is 31.0. The first kappa shape index (κ1) is 51.4. The van der Waals surface area contributed by atoms with Gasteiger partial charge in [-0.1, -0.05) is 40.5 Å². The van der Waals surface area contributed by atoms with Crippen LogP contribution in [0.1, 0.15) is 79.1 Å². The number of nitrogens with two attached hydrogens (primary N) is 1. The Morgan fingerprint density at radius 1 is 0.603 bits per heavy atom. The van der Waals surface area contributed by atoms with Crippen molar-refractivity contribution in [2.24, 2.45) is 5.73 Å². The quantitative estimate of drug-likeness (QED) is 0.0772. The molecular weight excluding hydrogens is 764 g/mol. The number of rotatable bonds is 12. The van der Waals surface area contributed by atoms with E-state index in [0.29, 0.717) is 61.4 Å². The topological polar surface area (TPSA) is 239 Å². The van der Waals surface area contributed by atoms with Crippen molar-refractivity contribution in [1.29, 1.82) is 0 Å². The Labute approximate surface area is 345 Å². The summed E-state index contributed by atoms with van der Waals surface area (Å²) in [6.45, 7) is 5.90. The van der Waals surface area contributed by atoms with E-state index >= 15 is 0 Å². The number of aliphatic hydroxyl groups excluding tert-OH is 1. The Balaban J connectivity index is 0.000000763. The third-order valence-corrected chi connectivity index (χ3v) is 6.68. The van der Waals surface area contributed by atoms with Gasteiger partial charge in [-0.2, -0.15) is 0 Å². The fourth-order valence-corrected chi connectivity index (χ4v) is 3.88. The van der Waals surface area contributed by atoms with Crippen molar-refractivity contribution in [1.82, 2.24) is 44.9 Å². The number of aromatic nitrogens is 9. The van der Waals surface area contributed by atoms with Crippen LogP contribution in [0.4, 0.5) is 11.9 Å². The predicted octanol–water partition coefficient (Wildman–Crippen LogP) is 6.39. The summed E-state index contributed by atoms with van der Waals surface area (Å²) in [5.74, 6) is 0.147. The standard InChI is InChI=1S/C13H14N4O2.C11H12N4O.C7H7ClN2O2.C6H8N2.3CH4/c1-2-19-12(18)11-8-16-13(17-9-11)15-7-10-4-3-5-14-6-10;16-8-10-6-14-11(15-7-10)13-5-9-2-1-3-12-4-9;1-2-12-6(11)5-3-9-7(8)10-4-5;7-4-6-2-1-3-8-5-6;;;/h3-6,8-9H,2,7H2,1H3,(H,15,16,17);1-4,6-7,16H,5,8H2,(H,13,14,15);3-4H,2H2,1H3;1-3,5H,4,7H2;3*1H4. The minimum absolute atomic E-state index is 0. The van der Waals surface area contributed by atoms with Crippen LogP contribution in [-0.4, -0.2) is 75.1 Å². The van der Waals surface area contributed by atoms with Crippen molar-refractivity contribution in [2.75, 3.05) is 23.8 Å². The van der Waals surface area contributed by atoms with Gasteiger partial charge in [0.2, 0.25) is 17.2 Å². The van der Waals surface area contributed by atoms with Crippen LogP contribution in [0, 0.1) is 0 Å². The van der Waals surface area contributed by atoms with Gasteiger partial charge in [-0.25, -0.2) is 39.5 Å². The first-order chi connectivity index (χ1) is 26.8. The smallest absolute Gasteiger partial charge is 0.341 e. The monoisotopic (exact) mass is 816 g/mol. The van der Waals surface area contributed by atoms with Gasteiger partial charge in [0.25, 0.3) is 0 Å². The van der Waals surface area contributed by atoms with E-state index in [4.69, 9.17) is 31.9 Å². The van der Waals surface area contributed by atoms with E-state index in [1.165, 1.54) is 24.8 Å². The summed E-state index contributed by atoms with van der Waals surface area (Å²) in [7, 11) is 0. The molecule has 0 aliphatic heterocycles. The van der Waals surface area contributed by atoms with Crippen LogP contribution >= 0.6 is 11.6 Å². The molecule has 0 aliphatic rings. The van der Waals surface area contributed by atoms with Gasteiger partial charge in [0.05, 0.1) is 30.9 Å². The van der Waals surface area contributed by atoms with Gasteiger partial charge < -0.3 is 30.9 Å². The normalized spacial score (nSPS) is 9.26. The minimum atomic E-state index is -0.436. The third-order valence-electron chi connectivity index (χ3n) is 6.49. The number of esters is 2. The van der Waals surface area contributed by atoms with Crippen LogP contribution in [0.25, 0.3) is 0 Å². The number of hydrogen-bond donors (Lipinski definition) is 4. The number of carbonyl (C=O) groups is 2. The molecule has 5 N–H and O–H groups in total. The van der Waals surface area contributed by atoms with Crippen LogP contribution < -0.4 is 16.4 Å². The minimum Gasteiger partial charge on any atom is -0.462 e. The Hall–Kier alpha value is -6.56. The largest absolute Gasteiger partial charge is 0.462 e. The number of carbonyl (C=O) groups excluding carboxylic acids is 2. The second kappa shape index (κ2) is 30.6. The van der Waals surface area contributed by atoms with E-state index in [-0.39, 0.29) is 34.2 Å². The zero-order chi connectivity index (χ0) is 39.5. The molecule has 310 valence electrons. The molecule has 18 heteroatoms. The number of aliphatic hydroxyl groups is 1. The molecule has 17 nitrogen and oxygen atoms in total. The molecule has 0 saturated carbocycles. The molecule has 0 bridgehead atoms. The molecule has 0 saturated heterocycles. The molecule has 6 aromatic heterocycles. The molecule has 6 rings (SSSR count). The summed E-state index contributed by atoms with van der Waals surface area (Å²) in [6, 6.07) is 11.5. The van der Waals surface area contributed by atoms with Crippen LogP contribution in [0.3, 0.4) is 0 Å². The van der Waals surface area contributed by atoms with Crippen molar-refractivity contribution < 1.29 is 24.2 Å². The average molecular weight is 817 g/mol. The maximum Gasteiger partial charge on any atom is 0.341 e. The van der Waals surface area contributed by atoms with Crippen molar-refractivity contribution in [2.45, 2.75) is 62.4 Å². The number of halogens is 1. The number of hydrogen-bond acceptors (Lipinski definition) is 17. The van der Waals surface area contributed by atoms with E-state index in [0.717, 1.165) is 16.7 Å². The molecule has 0 aromatic carbocycles. The lowest BCUT2D eigenvalue weighted by Crippen LogP contribution is -2.08. The molecule has 6 heterocycles. The van der Waals surface area contributed by atoms with Crippen LogP contribution in [-0.2, 0) is 35.7 Å². The first-order valence-electron chi connectivity index (χ1n) is 16.7. The highest BCUT2D eigenvalue weighted by Crippen LogP contribution is 2.06. The fraction of sp³-hybridized carbons (Fsp3) is 0.275. The number of anilines is 2. The molecule has 0 spiro atoms. The highest BCUT2D eigenvalue weighted by atomic mass is 35.5. The zero-order valence-electron chi connectivity index (χ0n) is 30.2. The van der Waals surface area contributed by atoms with Crippen molar-refractivity contribution in [3.05, 3.63) is 149 Å². The van der Waals surface area contributed by atoms with Crippen molar-refractivity contribution in [3.63, 3.8) is 0 Å². The molecule has 0 radical (unpaired) electrons. The third kappa shape index (κ3) is 20.4. The molecule has 0 unspecified atom stereocenters. The van der Waals surface area contributed by atoms with Gasteiger partial charge in [0.15, 0.2) is 0 Å². The Morgan fingerprint density at radius 2 is 0.983 bits per heavy atom. The Kier molecular flexibility index (Phi) is 27.2. The van der Waals surface area contributed by atoms with E-state index in [1.807, 2.05) is 36.4 Å². The average Bonchev–Trinajstić information content (AvgIpc) is 3.24. The Bertz CT molecular complexity index is 1930. The van der Waals surface area contributed by atoms with Crippen LogP contribution in [0.15, 0.2) is 111 Å². The number of ether oxygens (including phenoxy) is 2. The van der Waals surface area contributed by atoms with Gasteiger partial charge in [-0.3, -0.25) is 15.0 Å². The summed E-state index contributed by atoms with van der Waals surface area (Å²) >= 11 is 5.42. The predicted molar refractivity (Wildman–Crippen MR) is 224 cm³/mol. The Morgan fingerprint density at radius 3 is 1.31 bits per heavy atom. The number of nitrogens with zero attached hydrogens (tertiary/aromatic N) is 9. The molecule has 0 aliphatic carbocycles. The molecule has 0 fully saturated rings. The van der Waals surface area contributed by atoms with Gasteiger partial charge in [-0.05, 0) is 60.3 Å². The van der Waals surface area contributed by atoms with E-state index in [1.54, 1.807) is 63.4 Å². The lowest BCUT2D eigenvalue weighted by atomic mass is 10.3. The van der Waals surface area contributed by atoms with Crippen LogP contribution in [0.5, 0.6) is 0 Å². The van der Waals surface area contributed by atoms with E-state index < -0.39 is 11.9 Å². The lowest BCUT2D eigenvalue weighted by Gasteiger charge is -2.05. The summed E-state index contributed by atoms with van der Waals surface area (Å²) in [5, 5.41) is 15.1. The maximum atomic E-state index is 11.4.